The second-order valence-corrected chi connectivity index (χ2v) is 8.22. The molecule has 1 unspecified atom stereocenters. The van der Waals surface area contributed by atoms with Crippen LogP contribution in [0.2, 0.25) is 0 Å². The maximum absolute atomic E-state index is 11.9. The largest absolute Gasteiger partial charge is 0.347 e. The van der Waals surface area contributed by atoms with E-state index >= 15 is 0 Å². The number of carbonyl (C=O) groups is 2. The summed E-state index contributed by atoms with van der Waals surface area (Å²) in [5, 5.41) is 2.57. The Bertz CT molecular complexity index is 465. The molecule has 1 aliphatic heterocycles. The molecule has 1 aliphatic rings. The Kier molecular flexibility index (Phi) is 4.60. The average Bonchev–Trinajstić information content (AvgIpc) is 2.63. The minimum atomic E-state index is -3.01. The summed E-state index contributed by atoms with van der Waals surface area (Å²) < 4.78 is 22.7. The highest BCUT2D eigenvalue weighted by Gasteiger charge is 2.33. The van der Waals surface area contributed by atoms with Crippen LogP contribution in [0, 0.1) is 5.41 Å². The van der Waals surface area contributed by atoms with Crippen molar-refractivity contribution in [2.75, 3.05) is 25.1 Å². The van der Waals surface area contributed by atoms with Gasteiger partial charge in [0, 0.05) is 18.5 Å². The number of rotatable bonds is 3. The molecule has 1 atom stereocenters. The van der Waals surface area contributed by atoms with Gasteiger partial charge < -0.3 is 10.2 Å². The van der Waals surface area contributed by atoms with Gasteiger partial charge in [0.2, 0.25) is 11.8 Å². The predicted octanol–water partition coefficient (Wildman–Crippen LogP) is -0.206. The van der Waals surface area contributed by atoms with E-state index in [1.165, 1.54) is 4.90 Å². The number of nitrogens with one attached hydrogen (secondary N) is 1. The topological polar surface area (TPSA) is 83.6 Å². The summed E-state index contributed by atoms with van der Waals surface area (Å²) in [5.41, 5.74) is -0.546. The number of hydrogen-bond donors (Lipinski definition) is 1. The second-order valence-electron chi connectivity index (χ2n) is 5.99. The highest BCUT2D eigenvalue weighted by molar-refractivity contribution is 7.91. The van der Waals surface area contributed by atoms with Crippen LogP contribution in [-0.2, 0) is 19.4 Å². The van der Waals surface area contributed by atoms with E-state index in [9.17, 15) is 18.0 Å². The van der Waals surface area contributed by atoms with Crippen molar-refractivity contribution >= 4 is 21.7 Å². The molecule has 0 saturated carbocycles. The second kappa shape index (κ2) is 5.48. The first-order chi connectivity index (χ1) is 8.53. The molecule has 0 spiro atoms. The Morgan fingerprint density at radius 2 is 1.89 bits per heavy atom. The number of carbonyl (C=O) groups excluding carboxylic acids is 2. The highest BCUT2D eigenvalue weighted by Crippen LogP contribution is 2.16. The van der Waals surface area contributed by atoms with E-state index in [1.807, 2.05) is 0 Å². The average molecular weight is 290 g/mol. The molecule has 1 heterocycles. The fourth-order valence-electron chi connectivity index (χ4n) is 1.83. The van der Waals surface area contributed by atoms with Crippen LogP contribution in [0.15, 0.2) is 0 Å². The van der Waals surface area contributed by atoms with Crippen LogP contribution < -0.4 is 5.32 Å². The Hall–Kier alpha value is -1.11. The lowest BCUT2D eigenvalue weighted by Gasteiger charge is -2.24. The smallest absolute Gasteiger partial charge is 0.241 e. The van der Waals surface area contributed by atoms with Gasteiger partial charge in [0.05, 0.1) is 18.1 Å². The fraction of sp³-hybridized carbons (Fsp3) is 0.833. The van der Waals surface area contributed by atoms with Gasteiger partial charge in [-0.3, -0.25) is 9.59 Å². The number of sulfone groups is 1. The van der Waals surface area contributed by atoms with Crippen LogP contribution in [0.3, 0.4) is 0 Å². The molecule has 110 valence electrons. The molecule has 7 heteroatoms. The first kappa shape index (κ1) is 15.9. The first-order valence-corrected chi connectivity index (χ1v) is 8.09. The molecule has 0 radical (unpaired) electrons. The minimum Gasteiger partial charge on any atom is -0.347 e. The summed E-state index contributed by atoms with van der Waals surface area (Å²) in [6.45, 7) is 5.20. The van der Waals surface area contributed by atoms with Gasteiger partial charge in [-0.1, -0.05) is 20.8 Å². The van der Waals surface area contributed by atoms with Crippen LogP contribution in [-0.4, -0.2) is 56.3 Å². The van der Waals surface area contributed by atoms with Gasteiger partial charge in [0.25, 0.3) is 0 Å². The van der Waals surface area contributed by atoms with Crippen LogP contribution in [0.25, 0.3) is 0 Å². The highest BCUT2D eigenvalue weighted by atomic mass is 32.2. The third kappa shape index (κ3) is 4.49. The lowest BCUT2D eigenvalue weighted by molar-refractivity contribution is -0.135. The molecule has 0 aromatic carbocycles. The molecule has 1 fully saturated rings. The van der Waals surface area contributed by atoms with Crippen molar-refractivity contribution in [3.8, 4) is 0 Å². The third-order valence-corrected chi connectivity index (χ3v) is 4.98. The molecule has 0 aromatic rings. The molecule has 2 amide bonds. The van der Waals surface area contributed by atoms with Crippen molar-refractivity contribution in [1.29, 1.82) is 0 Å². The maximum atomic E-state index is 11.9. The Morgan fingerprint density at radius 1 is 1.32 bits per heavy atom. The van der Waals surface area contributed by atoms with E-state index in [4.69, 9.17) is 0 Å². The van der Waals surface area contributed by atoms with Gasteiger partial charge in [-0.25, -0.2) is 8.42 Å². The molecule has 0 bridgehead atoms. The number of likely N-dealkylation sites (N-methyl/N-ethyl adjacent to an activating group) is 1. The molecule has 0 aromatic heterocycles. The standard InChI is InChI=1S/C12H22N2O4S/c1-12(2,3)11(16)13-7-10(15)14(4)9-5-6-19(17,18)8-9/h9H,5-8H2,1-4H3,(H,13,16). The minimum absolute atomic E-state index is 0.0163. The van der Waals surface area contributed by atoms with E-state index in [0.717, 1.165) is 0 Å². The van der Waals surface area contributed by atoms with Gasteiger partial charge in [-0.15, -0.1) is 0 Å². The molecule has 0 aliphatic carbocycles. The van der Waals surface area contributed by atoms with Gasteiger partial charge in [0.15, 0.2) is 9.84 Å². The summed E-state index contributed by atoms with van der Waals surface area (Å²) in [6, 6.07) is -0.274. The van der Waals surface area contributed by atoms with Crippen molar-refractivity contribution in [3.63, 3.8) is 0 Å². The third-order valence-electron chi connectivity index (χ3n) is 3.23. The van der Waals surface area contributed by atoms with Gasteiger partial charge >= 0.3 is 0 Å². The molecule has 6 nitrogen and oxygen atoms in total. The van der Waals surface area contributed by atoms with Crippen LogP contribution in [0.4, 0.5) is 0 Å². The molecular formula is C12H22N2O4S. The number of hydrogen-bond acceptors (Lipinski definition) is 4. The monoisotopic (exact) mass is 290 g/mol. The summed E-state index contributed by atoms with van der Waals surface area (Å²) in [6.07, 6.45) is 0.470. The SMILES string of the molecule is CN(C(=O)CNC(=O)C(C)(C)C)C1CCS(=O)(=O)C1. The zero-order chi connectivity index (χ0) is 14.8. The molecular weight excluding hydrogens is 268 g/mol. The Balaban J connectivity index is 2.49. The molecule has 1 saturated heterocycles. The van der Waals surface area contributed by atoms with Crippen molar-refractivity contribution in [1.82, 2.24) is 10.2 Å². The normalized spacial score (nSPS) is 22.0. The summed E-state index contributed by atoms with van der Waals surface area (Å²) in [7, 11) is -1.43. The van der Waals surface area contributed by atoms with E-state index in [2.05, 4.69) is 5.32 Å². The number of nitrogens with zero attached hydrogens (tertiary/aromatic N) is 1. The van der Waals surface area contributed by atoms with E-state index in [0.29, 0.717) is 6.42 Å². The lowest BCUT2D eigenvalue weighted by atomic mass is 9.96. The van der Waals surface area contributed by atoms with Gasteiger partial charge in [-0.05, 0) is 6.42 Å². The van der Waals surface area contributed by atoms with Gasteiger partial charge in [0.1, 0.15) is 0 Å². The van der Waals surface area contributed by atoms with Crippen LogP contribution in [0.1, 0.15) is 27.2 Å². The van der Waals surface area contributed by atoms with E-state index in [-0.39, 0.29) is 35.9 Å². The van der Waals surface area contributed by atoms with Crippen LogP contribution >= 0.6 is 0 Å². The summed E-state index contributed by atoms with van der Waals surface area (Å²) in [4.78, 5) is 25.0. The summed E-state index contributed by atoms with van der Waals surface area (Å²) in [5.74, 6) is -0.320. The van der Waals surface area contributed by atoms with Gasteiger partial charge in [-0.2, -0.15) is 0 Å². The fourth-order valence-corrected chi connectivity index (χ4v) is 3.60. The first-order valence-electron chi connectivity index (χ1n) is 6.27. The molecule has 1 N–H and O–H groups in total. The Morgan fingerprint density at radius 3 is 2.32 bits per heavy atom. The molecule has 1 rings (SSSR count). The van der Waals surface area contributed by atoms with Crippen molar-refractivity contribution in [2.45, 2.75) is 33.2 Å². The molecule has 19 heavy (non-hydrogen) atoms. The van der Waals surface area contributed by atoms with E-state index in [1.54, 1.807) is 27.8 Å². The summed E-state index contributed by atoms with van der Waals surface area (Å²) >= 11 is 0. The zero-order valence-corrected chi connectivity index (χ0v) is 12.7. The van der Waals surface area contributed by atoms with Crippen molar-refractivity contribution in [2.24, 2.45) is 5.41 Å². The quantitative estimate of drug-likeness (QED) is 0.780. The van der Waals surface area contributed by atoms with Crippen LogP contribution in [0.5, 0.6) is 0 Å². The van der Waals surface area contributed by atoms with Crippen molar-refractivity contribution < 1.29 is 18.0 Å². The number of amides is 2. The van der Waals surface area contributed by atoms with Crippen molar-refractivity contribution in [3.05, 3.63) is 0 Å². The predicted molar refractivity (Wildman–Crippen MR) is 72.3 cm³/mol. The maximum Gasteiger partial charge on any atom is 0.241 e. The lowest BCUT2D eigenvalue weighted by Crippen LogP contribution is -2.45. The van der Waals surface area contributed by atoms with E-state index < -0.39 is 15.3 Å². The zero-order valence-electron chi connectivity index (χ0n) is 11.9. The Labute approximate surface area is 114 Å².